The molecule has 0 N–H and O–H groups in total. The Balaban J connectivity index is 2.30. The summed E-state index contributed by atoms with van der Waals surface area (Å²) in [6, 6.07) is 4.39. The first kappa shape index (κ1) is 17.7. The number of anilines is 1. The lowest BCUT2D eigenvalue weighted by Gasteiger charge is -2.36. The molecule has 2 rings (SSSR count). The fourth-order valence-corrected chi connectivity index (χ4v) is 4.23. The van der Waals surface area contributed by atoms with E-state index in [1.807, 2.05) is 0 Å². The Morgan fingerprint density at radius 2 is 2.13 bits per heavy atom. The number of nitrogens with zero attached hydrogens (tertiary/aromatic N) is 2. The summed E-state index contributed by atoms with van der Waals surface area (Å²) < 4.78 is 38.8. The average molecular weight is 342 g/mol. The summed E-state index contributed by atoms with van der Waals surface area (Å²) in [6.07, 6.45) is 3.01. The molecule has 7 heteroatoms. The minimum absolute atomic E-state index is 0.165. The Bertz CT molecular complexity index is 678. The zero-order chi connectivity index (χ0) is 17.2. The highest BCUT2D eigenvalue weighted by Crippen LogP contribution is 2.24. The van der Waals surface area contributed by atoms with E-state index in [1.165, 1.54) is 18.2 Å². The molecule has 1 heterocycles. The number of piperidine rings is 1. The molecule has 1 aliphatic rings. The van der Waals surface area contributed by atoms with E-state index < -0.39 is 21.9 Å². The normalized spacial score (nSPS) is 20.2. The third-order valence-electron chi connectivity index (χ3n) is 4.10. The largest absolute Gasteiger partial charge is 0.341 e. The van der Waals surface area contributed by atoms with E-state index >= 15 is 0 Å². The summed E-state index contributed by atoms with van der Waals surface area (Å²) in [4.78, 5) is 14.4. The van der Waals surface area contributed by atoms with Crippen molar-refractivity contribution in [3.05, 3.63) is 30.1 Å². The standard InChI is InChI=1S/C16H23FN2O3S/c1-12-6-5-9-18(11-12)16(20)13(2)19(23(3,21)22)15-8-4-7-14(17)10-15/h4,7-8,10,12-13H,5-6,9,11H2,1-3H3/t12-,13+/m1/s1. The molecule has 1 aliphatic heterocycles. The number of hydrogen-bond acceptors (Lipinski definition) is 3. The van der Waals surface area contributed by atoms with Crippen LogP contribution in [0.5, 0.6) is 0 Å². The quantitative estimate of drug-likeness (QED) is 0.843. The molecule has 0 unspecified atom stereocenters. The average Bonchev–Trinajstić information content (AvgIpc) is 2.45. The molecular formula is C16H23FN2O3S. The van der Waals surface area contributed by atoms with E-state index in [2.05, 4.69) is 6.92 Å². The lowest BCUT2D eigenvalue weighted by atomic mass is 10.00. The molecule has 0 radical (unpaired) electrons. The van der Waals surface area contributed by atoms with Gasteiger partial charge in [0.15, 0.2) is 0 Å². The first-order valence-corrected chi connectivity index (χ1v) is 9.58. The zero-order valence-electron chi connectivity index (χ0n) is 13.7. The number of hydrogen-bond donors (Lipinski definition) is 0. The number of sulfonamides is 1. The van der Waals surface area contributed by atoms with E-state index in [-0.39, 0.29) is 11.6 Å². The van der Waals surface area contributed by atoms with E-state index in [4.69, 9.17) is 0 Å². The van der Waals surface area contributed by atoms with Crippen LogP contribution in [0.1, 0.15) is 26.7 Å². The van der Waals surface area contributed by atoms with Crippen molar-refractivity contribution < 1.29 is 17.6 Å². The van der Waals surface area contributed by atoms with Crippen LogP contribution in [0.25, 0.3) is 0 Å². The maximum Gasteiger partial charge on any atom is 0.246 e. The van der Waals surface area contributed by atoms with Gasteiger partial charge in [-0.15, -0.1) is 0 Å². The number of benzene rings is 1. The Kier molecular flexibility index (Phi) is 5.29. The molecule has 1 fully saturated rings. The highest BCUT2D eigenvalue weighted by atomic mass is 32.2. The molecule has 1 aromatic rings. The van der Waals surface area contributed by atoms with E-state index in [9.17, 15) is 17.6 Å². The van der Waals surface area contributed by atoms with Crippen molar-refractivity contribution in [2.75, 3.05) is 23.7 Å². The van der Waals surface area contributed by atoms with Crippen LogP contribution >= 0.6 is 0 Å². The van der Waals surface area contributed by atoms with Gasteiger partial charge in [0.1, 0.15) is 11.9 Å². The predicted octanol–water partition coefficient (Wildman–Crippen LogP) is 2.24. The summed E-state index contributed by atoms with van der Waals surface area (Å²) >= 11 is 0. The van der Waals surface area contributed by atoms with Crippen molar-refractivity contribution in [2.24, 2.45) is 5.92 Å². The van der Waals surface area contributed by atoms with Crippen molar-refractivity contribution >= 4 is 21.6 Å². The van der Waals surface area contributed by atoms with E-state index in [0.29, 0.717) is 19.0 Å². The van der Waals surface area contributed by atoms with Gasteiger partial charge in [0.25, 0.3) is 0 Å². The van der Waals surface area contributed by atoms with Gasteiger partial charge in [0.05, 0.1) is 11.9 Å². The molecule has 5 nitrogen and oxygen atoms in total. The highest BCUT2D eigenvalue weighted by Gasteiger charge is 2.33. The van der Waals surface area contributed by atoms with Crippen LogP contribution in [0.2, 0.25) is 0 Å². The molecule has 0 spiro atoms. The van der Waals surface area contributed by atoms with Gasteiger partial charge < -0.3 is 4.90 Å². The molecule has 1 aromatic carbocycles. The van der Waals surface area contributed by atoms with Crippen LogP contribution in [-0.4, -0.2) is 44.6 Å². The first-order valence-electron chi connectivity index (χ1n) is 7.74. The summed E-state index contributed by atoms with van der Waals surface area (Å²) in [5.74, 6) is -0.380. The maximum absolute atomic E-state index is 13.5. The smallest absolute Gasteiger partial charge is 0.246 e. The van der Waals surface area contributed by atoms with Crippen molar-refractivity contribution in [3.8, 4) is 0 Å². The van der Waals surface area contributed by atoms with Gasteiger partial charge in [-0.1, -0.05) is 13.0 Å². The van der Waals surface area contributed by atoms with Gasteiger partial charge in [-0.05, 0) is 43.9 Å². The van der Waals surface area contributed by atoms with E-state index in [1.54, 1.807) is 11.8 Å². The second-order valence-corrected chi connectivity index (χ2v) is 8.11. The second kappa shape index (κ2) is 6.86. The first-order chi connectivity index (χ1) is 10.7. The zero-order valence-corrected chi connectivity index (χ0v) is 14.5. The molecule has 1 saturated heterocycles. The molecule has 0 saturated carbocycles. The van der Waals surface area contributed by atoms with Crippen molar-refractivity contribution in [3.63, 3.8) is 0 Å². The van der Waals surface area contributed by atoms with Gasteiger partial charge in [-0.3, -0.25) is 9.10 Å². The Hall–Kier alpha value is -1.63. The molecule has 2 atom stereocenters. The third-order valence-corrected chi connectivity index (χ3v) is 5.34. The second-order valence-electron chi connectivity index (χ2n) is 6.25. The number of carbonyl (C=O) groups is 1. The fraction of sp³-hybridized carbons (Fsp3) is 0.562. The summed E-state index contributed by atoms with van der Waals surface area (Å²) in [5.41, 5.74) is 0.165. The number of likely N-dealkylation sites (tertiary alicyclic amines) is 1. The van der Waals surface area contributed by atoms with Gasteiger partial charge in [-0.2, -0.15) is 0 Å². The van der Waals surface area contributed by atoms with Crippen molar-refractivity contribution in [1.82, 2.24) is 4.90 Å². The molecule has 0 bridgehead atoms. The fourth-order valence-electron chi connectivity index (χ4n) is 3.07. The predicted molar refractivity (Wildman–Crippen MR) is 88.2 cm³/mol. The number of rotatable bonds is 4. The highest BCUT2D eigenvalue weighted by molar-refractivity contribution is 7.92. The third kappa shape index (κ3) is 4.22. The minimum Gasteiger partial charge on any atom is -0.341 e. The van der Waals surface area contributed by atoms with E-state index in [0.717, 1.165) is 29.5 Å². The summed E-state index contributed by atoms with van der Waals surface area (Å²) in [6.45, 7) is 4.89. The molecule has 0 aliphatic carbocycles. The van der Waals surface area contributed by atoms with Crippen LogP contribution in [0.15, 0.2) is 24.3 Å². The van der Waals surface area contributed by atoms with Crippen LogP contribution < -0.4 is 4.31 Å². The molecule has 23 heavy (non-hydrogen) atoms. The van der Waals surface area contributed by atoms with Crippen LogP contribution in [0, 0.1) is 11.7 Å². The molecule has 128 valence electrons. The maximum atomic E-state index is 13.5. The SMILES string of the molecule is C[C@@H]1CCCN(C(=O)[C@H](C)N(c2cccc(F)c2)S(C)(=O)=O)C1. The van der Waals surface area contributed by atoms with Crippen LogP contribution in [-0.2, 0) is 14.8 Å². The number of halogens is 1. The van der Waals surface area contributed by atoms with Gasteiger partial charge >= 0.3 is 0 Å². The van der Waals surface area contributed by atoms with Gasteiger partial charge in [-0.25, -0.2) is 12.8 Å². The Labute approximate surface area is 137 Å². The number of carbonyl (C=O) groups excluding carboxylic acids is 1. The Morgan fingerprint density at radius 3 is 2.70 bits per heavy atom. The molecule has 1 amide bonds. The van der Waals surface area contributed by atoms with Crippen LogP contribution in [0.4, 0.5) is 10.1 Å². The van der Waals surface area contributed by atoms with Crippen LogP contribution in [0.3, 0.4) is 0 Å². The number of amides is 1. The Morgan fingerprint density at radius 1 is 1.43 bits per heavy atom. The van der Waals surface area contributed by atoms with Gasteiger partial charge in [0, 0.05) is 13.1 Å². The van der Waals surface area contributed by atoms with Gasteiger partial charge in [0.2, 0.25) is 15.9 Å². The summed E-state index contributed by atoms with van der Waals surface area (Å²) in [5, 5.41) is 0. The molecular weight excluding hydrogens is 319 g/mol. The monoisotopic (exact) mass is 342 g/mol. The van der Waals surface area contributed by atoms with Crippen molar-refractivity contribution in [1.29, 1.82) is 0 Å². The minimum atomic E-state index is -3.71. The van der Waals surface area contributed by atoms with Crippen molar-refractivity contribution in [2.45, 2.75) is 32.7 Å². The lowest BCUT2D eigenvalue weighted by molar-refractivity contribution is -0.133. The topological polar surface area (TPSA) is 57.7 Å². The lowest BCUT2D eigenvalue weighted by Crippen LogP contribution is -2.51. The summed E-state index contributed by atoms with van der Waals surface area (Å²) in [7, 11) is -3.71. The molecule has 0 aromatic heterocycles.